The van der Waals surface area contributed by atoms with Crippen LogP contribution in [0.2, 0.25) is 0 Å². The van der Waals surface area contributed by atoms with Gasteiger partial charge in [-0.25, -0.2) is 0 Å². The zero-order chi connectivity index (χ0) is 11.6. The molecule has 0 radical (unpaired) electrons. The first-order chi connectivity index (χ1) is 7.83. The maximum absolute atomic E-state index is 5.41. The van der Waals surface area contributed by atoms with Gasteiger partial charge in [0.15, 0.2) is 6.79 Å². The van der Waals surface area contributed by atoms with E-state index in [1.54, 1.807) is 0 Å². The lowest BCUT2D eigenvalue weighted by Crippen LogP contribution is -2.03. The predicted molar refractivity (Wildman–Crippen MR) is 69.6 cm³/mol. The maximum Gasteiger partial charge on any atom is 0.189 e. The lowest BCUT2D eigenvalue weighted by atomic mass is 10.3. The number of rotatable bonds is 7. The topological polar surface area (TPSA) is 18.5 Å². The first-order valence-corrected chi connectivity index (χ1v) is 6.19. The maximum atomic E-state index is 5.41. The molecule has 2 nitrogen and oxygen atoms in total. The molecule has 1 aromatic carbocycles. The number of halogens is 1. The summed E-state index contributed by atoms with van der Waals surface area (Å²) in [6, 6.07) is 7.71. The fraction of sp³-hybridized carbons (Fsp3) is 0.385. The van der Waals surface area contributed by atoms with Gasteiger partial charge < -0.3 is 9.47 Å². The number of hydrogen-bond donors (Lipinski definition) is 0. The monoisotopic (exact) mass is 284 g/mol. The Hall–Kier alpha value is -0.800. The Kier molecular flexibility index (Phi) is 6.93. The third-order valence-corrected chi connectivity index (χ3v) is 2.55. The van der Waals surface area contributed by atoms with Crippen LogP contribution in [0.15, 0.2) is 40.9 Å². The van der Waals surface area contributed by atoms with Gasteiger partial charge in [0.25, 0.3) is 0 Å². The predicted octanol–water partition coefficient (Wildman–Crippen LogP) is 4.16. The zero-order valence-corrected chi connectivity index (χ0v) is 11.1. The molecule has 0 aliphatic rings. The van der Waals surface area contributed by atoms with Crippen LogP contribution in [0.1, 0.15) is 19.8 Å². The molecule has 0 bridgehead atoms. The molecule has 0 aromatic heterocycles. The quantitative estimate of drug-likeness (QED) is 0.425. The van der Waals surface area contributed by atoms with E-state index in [9.17, 15) is 0 Å². The smallest absolute Gasteiger partial charge is 0.189 e. The van der Waals surface area contributed by atoms with E-state index in [0.29, 0.717) is 6.79 Å². The molecule has 0 unspecified atom stereocenters. The van der Waals surface area contributed by atoms with Crippen LogP contribution in [0.25, 0.3) is 0 Å². The Morgan fingerprint density at radius 2 is 2.00 bits per heavy atom. The second-order valence-electron chi connectivity index (χ2n) is 3.34. The average Bonchev–Trinajstić information content (AvgIpc) is 2.30. The normalized spacial score (nSPS) is 10.9. The summed E-state index contributed by atoms with van der Waals surface area (Å²) in [4.78, 5) is 0. The average molecular weight is 285 g/mol. The van der Waals surface area contributed by atoms with Gasteiger partial charge in [0.05, 0.1) is 6.61 Å². The van der Waals surface area contributed by atoms with Gasteiger partial charge in [0, 0.05) is 4.47 Å². The Labute approximate surface area is 105 Å². The van der Waals surface area contributed by atoms with Crippen LogP contribution in [0.5, 0.6) is 5.75 Å². The minimum atomic E-state index is 0.317. The van der Waals surface area contributed by atoms with Gasteiger partial charge in [-0.2, -0.15) is 0 Å². The van der Waals surface area contributed by atoms with Crippen molar-refractivity contribution in [1.82, 2.24) is 0 Å². The fourth-order valence-corrected chi connectivity index (χ4v) is 1.43. The summed E-state index contributed by atoms with van der Waals surface area (Å²) in [5, 5.41) is 0. The summed E-state index contributed by atoms with van der Waals surface area (Å²) in [6.45, 7) is 3.08. The van der Waals surface area contributed by atoms with E-state index in [2.05, 4.69) is 28.1 Å². The molecular weight excluding hydrogens is 268 g/mol. The summed E-state index contributed by atoms with van der Waals surface area (Å²) in [5.74, 6) is 0.830. The number of unbranched alkanes of at least 4 members (excludes halogenated alkanes) is 1. The number of benzene rings is 1. The van der Waals surface area contributed by atoms with E-state index in [1.807, 2.05) is 31.2 Å². The molecule has 0 amide bonds. The number of hydrogen-bond acceptors (Lipinski definition) is 2. The van der Waals surface area contributed by atoms with Crippen molar-refractivity contribution in [2.75, 3.05) is 13.4 Å². The van der Waals surface area contributed by atoms with E-state index < -0.39 is 0 Å². The van der Waals surface area contributed by atoms with Crippen molar-refractivity contribution in [2.24, 2.45) is 0 Å². The van der Waals surface area contributed by atoms with E-state index in [1.165, 1.54) is 0 Å². The summed E-state index contributed by atoms with van der Waals surface area (Å²) in [6.07, 6.45) is 6.29. The van der Waals surface area contributed by atoms with Crippen molar-refractivity contribution in [3.8, 4) is 5.75 Å². The molecule has 0 atom stereocenters. The first-order valence-electron chi connectivity index (χ1n) is 5.40. The highest BCUT2D eigenvalue weighted by molar-refractivity contribution is 9.10. The molecule has 0 spiro atoms. The molecule has 88 valence electrons. The van der Waals surface area contributed by atoms with E-state index in [-0.39, 0.29) is 0 Å². The molecule has 16 heavy (non-hydrogen) atoms. The van der Waals surface area contributed by atoms with Crippen LogP contribution in [0, 0.1) is 0 Å². The summed E-state index contributed by atoms with van der Waals surface area (Å²) < 4.78 is 11.8. The molecule has 0 aliphatic carbocycles. The van der Waals surface area contributed by atoms with E-state index >= 15 is 0 Å². The van der Waals surface area contributed by atoms with Gasteiger partial charge in [-0.05, 0) is 44.0 Å². The number of allylic oxidation sites excluding steroid dienone is 2. The molecule has 0 fully saturated rings. The summed E-state index contributed by atoms with van der Waals surface area (Å²) in [7, 11) is 0. The number of ether oxygens (including phenoxy) is 2. The third-order valence-electron chi connectivity index (χ3n) is 2.02. The van der Waals surface area contributed by atoms with Crippen molar-refractivity contribution in [3.63, 3.8) is 0 Å². The Morgan fingerprint density at radius 1 is 1.25 bits per heavy atom. The highest BCUT2D eigenvalue weighted by Crippen LogP contribution is 2.15. The van der Waals surface area contributed by atoms with Gasteiger partial charge >= 0.3 is 0 Å². The highest BCUT2D eigenvalue weighted by Gasteiger charge is 1.93. The molecule has 0 saturated heterocycles. The van der Waals surface area contributed by atoms with Gasteiger partial charge in [0.1, 0.15) is 5.75 Å². The van der Waals surface area contributed by atoms with E-state index in [4.69, 9.17) is 9.47 Å². The molecular formula is C13H17BrO2. The van der Waals surface area contributed by atoms with Crippen molar-refractivity contribution >= 4 is 15.9 Å². The first kappa shape index (κ1) is 13.3. The van der Waals surface area contributed by atoms with Crippen LogP contribution in [-0.2, 0) is 4.74 Å². The molecule has 0 aliphatic heterocycles. The standard InChI is InChI=1S/C13H17BrO2/c1-2-3-4-5-10-15-11-16-13-8-6-12(14)7-9-13/h2-3,6-9H,4-5,10-11H2,1H3/b3-2-. The van der Waals surface area contributed by atoms with E-state index in [0.717, 1.165) is 29.7 Å². The Bertz CT molecular complexity index is 306. The fourth-order valence-electron chi connectivity index (χ4n) is 1.17. The van der Waals surface area contributed by atoms with Crippen molar-refractivity contribution in [3.05, 3.63) is 40.9 Å². The van der Waals surface area contributed by atoms with Gasteiger partial charge in [-0.15, -0.1) is 0 Å². The highest BCUT2D eigenvalue weighted by atomic mass is 79.9. The van der Waals surface area contributed by atoms with Gasteiger partial charge in [0.2, 0.25) is 0 Å². The molecule has 0 saturated carbocycles. The van der Waals surface area contributed by atoms with Crippen LogP contribution in [0.4, 0.5) is 0 Å². The lowest BCUT2D eigenvalue weighted by Gasteiger charge is -2.06. The van der Waals surface area contributed by atoms with Crippen molar-refractivity contribution < 1.29 is 9.47 Å². The Morgan fingerprint density at radius 3 is 2.69 bits per heavy atom. The Balaban J connectivity index is 2.05. The van der Waals surface area contributed by atoms with Crippen LogP contribution < -0.4 is 4.74 Å². The van der Waals surface area contributed by atoms with Gasteiger partial charge in [-0.3, -0.25) is 0 Å². The van der Waals surface area contributed by atoms with Crippen molar-refractivity contribution in [1.29, 1.82) is 0 Å². The van der Waals surface area contributed by atoms with Crippen LogP contribution >= 0.6 is 15.9 Å². The molecule has 3 heteroatoms. The molecule has 1 aromatic rings. The second kappa shape index (κ2) is 8.36. The lowest BCUT2D eigenvalue weighted by molar-refractivity contribution is 0.0145. The van der Waals surface area contributed by atoms with Crippen LogP contribution in [0.3, 0.4) is 0 Å². The summed E-state index contributed by atoms with van der Waals surface area (Å²) in [5.41, 5.74) is 0. The zero-order valence-electron chi connectivity index (χ0n) is 9.49. The largest absolute Gasteiger partial charge is 0.468 e. The molecule has 0 N–H and O–H groups in total. The molecule has 1 rings (SSSR count). The molecule has 0 heterocycles. The second-order valence-corrected chi connectivity index (χ2v) is 4.25. The summed E-state index contributed by atoms with van der Waals surface area (Å²) >= 11 is 3.37. The third kappa shape index (κ3) is 5.93. The minimum absolute atomic E-state index is 0.317. The van der Waals surface area contributed by atoms with Crippen LogP contribution in [-0.4, -0.2) is 13.4 Å². The minimum Gasteiger partial charge on any atom is -0.468 e. The van der Waals surface area contributed by atoms with Crippen molar-refractivity contribution in [2.45, 2.75) is 19.8 Å². The van der Waals surface area contributed by atoms with Gasteiger partial charge in [-0.1, -0.05) is 28.1 Å². The SMILES string of the molecule is C/C=C\CCCOCOc1ccc(Br)cc1.